The zero-order chi connectivity index (χ0) is 29.2. The Balaban J connectivity index is 1.98. The van der Waals surface area contributed by atoms with E-state index in [1.807, 2.05) is 6.92 Å². The molecule has 1 aromatic carbocycles. The summed E-state index contributed by atoms with van der Waals surface area (Å²) in [5.74, 6) is -8.83. The van der Waals surface area contributed by atoms with Crippen LogP contribution in [0.3, 0.4) is 0 Å². The van der Waals surface area contributed by atoms with Gasteiger partial charge in [-0.2, -0.15) is 13.2 Å². The first-order chi connectivity index (χ1) is 18.1. The average Bonchev–Trinajstić information content (AvgIpc) is 2.81. The molecule has 4 rings (SSSR count). The van der Waals surface area contributed by atoms with Crippen molar-refractivity contribution >= 4 is 23.2 Å². The second kappa shape index (κ2) is 9.67. The molecule has 0 radical (unpaired) electrons. The molecule has 0 bridgehead atoms. The Morgan fingerprint density at radius 1 is 1.18 bits per heavy atom. The van der Waals surface area contributed by atoms with Gasteiger partial charge in [-0.1, -0.05) is 19.8 Å². The highest BCUT2D eigenvalue weighted by molar-refractivity contribution is 6.24. The van der Waals surface area contributed by atoms with E-state index in [0.29, 0.717) is 12.8 Å². The number of fused-ring (bicyclic) bond motifs is 3. The summed E-state index contributed by atoms with van der Waals surface area (Å²) < 4.78 is 42.6. The van der Waals surface area contributed by atoms with Crippen LogP contribution >= 0.6 is 0 Å². The van der Waals surface area contributed by atoms with Gasteiger partial charge in [0, 0.05) is 11.5 Å². The molecule has 0 spiro atoms. The van der Waals surface area contributed by atoms with E-state index in [1.165, 1.54) is 19.0 Å². The number of aryl methyl sites for hydroxylation is 1. The Kier molecular flexibility index (Phi) is 7.10. The van der Waals surface area contributed by atoms with Crippen molar-refractivity contribution in [1.29, 1.82) is 0 Å². The van der Waals surface area contributed by atoms with E-state index in [4.69, 9.17) is 5.73 Å². The van der Waals surface area contributed by atoms with Crippen LogP contribution in [-0.4, -0.2) is 68.5 Å². The number of hydrogen-bond acceptors (Lipinski definition) is 8. The van der Waals surface area contributed by atoms with E-state index in [9.17, 15) is 48.0 Å². The van der Waals surface area contributed by atoms with Gasteiger partial charge in [0.1, 0.15) is 22.8 Å². The van der Waals surface area contributed by atoms with Gasteiger partial charge < -0.3 is 26.2 Å². The van der Waals surface area contributed by atoms with Crippen LogP contribution in [0.4, 0.5) is 13.2 Å². The zero-order valence-electron chi connectivity index (χ0n) is 21.7. The number of nitrogens with zero attached hydrogens (tertiary/aromatic N) is 1. The first kappa shape index (κ1) is 28.6. The average molecular weight is 553 g/mol. The number of amides is 1. The number of primary amides is 1. The topological polar surface area (TPSA) is 161 Å². The molecule has 4 atom stereocenters. The van der Waals surface area contributed by atoms with Crippen LogP contribution in [0.25, 0.3) is 5.76 Å². The smallest absolute Gasteiger partial charge is 0.416 e. The number of carbonyl (C=O) groups is 3. The Hall–Kier alpha value is -3.38. The molecule has 0 aromatic heterocycles. The summed E-state index contributed by atoms with van der Waals surface area (Å²) in [6, 6.07) is -0.456. The molecule has 1 saturated carbocycles. The Bertz CT molecular complexity index is 1330. The molecule has 1 amide bonds. The molecule has 9 nitrogen and oxygen atoms in total. The second-order valence-electron chi connectivity index (χ2n) is 10.7. The quantitative estimate of drug-likeness (QED) is 0.266. The highest BCUT2D eigenvalue weighted by Gasteiger charge is 2.64. The fraction of sp³-hybridized carbons (Fsp3) is 0.519. The maximum atomic E-state index is 14.2. The molecule has 0 heterocycles. The lowest BCUT2D eigenvalue weighted by molar-refractivity contribution is -0.153. The van der Waals surface area contributed by atoms with Crippen molar-refractivity contribution in [2.24, 2.45) is 17.6 Å². The summed E-state index contributed by atoms with van der Waals surface area (Å²) in [4.78, 5) is 40.3. The number of nitrogens with two attached hydrogens (primary N) is 1. The zero-order valence-corrected chi connectivity index (χ0v) is 21.7. The summed E-state index contributed by atoms with van der Waals surface area (Å²) in [6.07, 6.45) is -3.49. The number of halogens is 3. The van der Waals surface area contributed by atoms with Crippen LogP contribution in [0.1, 0.15) is 54.9 Å². The summed E-state index contributed by atoms with van der Waals surface area (Å²) >= 11 is 0. The normalized spacial score (nSPS) is 27.0. The van der Waals surface area contributed by atoms with Crippen LogP contribution in [0.2, 0.25) is 0 Å². The fourth-order valence-corrected chi connectivity index (χ4v) is 6.38. The molecule has 0 aliphatic heterocycles. The van der Waals surface area contributed by atoms with Gasteiger partial charge in [-0.15, -0.1) is 0 Å². The Labute approximate surface area is 222 Å². The first-order valence-corrected chi connectivity index (χ1v) is 12.7. The molecule has 1 aromatic rings. The van der Waals surface area contributed by atoms with E-state index in [-0.39, 0.29) is 18.4 Å². The van der Waals surface area contributed by atoms with Crippen LogP contribution in [0.5, 0.6) is 5.75 Å². The number of unbranched alkanes of at least 4 members (excludes halogenated alkanes) is 2. The summed E-state index contributed by atoms with van der Waals surface area (Å²) in [6.45, 7) is 1.91. The van der Waals surface area contributed by atoms with Crippen molar-refractivity contribution in [2.75, 3.05) is 14.1 Å². The van der Waals surface area contributed by atoms with Crippen molar-refractivity contribution in [3.05, 3.63) is 45.2 Å². The molecular formula is C27H31F3N2O7. The van der Waals surface area contributed by atoms with Crippen LogP contribution in [0.15, 0.2) is 23.0 Å². The van der Waals surface area contributed by atoms with Crippen molar-refractivity contribution in [3.8, 4) is 5.75 Å². The van der Waals surface area contributed by atoms with Gasteiger partial charge >= 0.3 is 6.18 Å². The molecule has 212 valence electrons. The number of hydrogen-bond donors (Lipinski definition) is 5. The number of ketones is 2. The van der Waals surface area contributed by atoms with Gasteiger partial charge in [-0.3, -0.25) is 19.3 Å². The van der Waals surface area contributed by atoms with Crippen molar-refractivity contribution < 1.29 is 48.0 Å². The minimum atomic E-state index is -4.83. The van der Waals surface area contributed by atoms with Gasteiger partial charge in [0.05, 0.1) is 17.2 Å². The van der Waals surface area contributed by atoms with Crippen molar-refractivity contribution in [1.82, 2.24) is 4.90 Å². The molecule has 39 heavy (non-hydrogen) atoms. The summed E-state index contributed by atoms with van der Waals surface area (Å²) in [5, 5.41) is 44.7. The summed E-state index contributed by atoms with van der Waals surface area (Å²) in [5.41, 5.74) is -1.07. The third-order valence-corrected chi connectivity index (χ3v) is 8.15. The van der Waals surface area contributed by atoms with Gasteiger partial charge in [-0.25, -0.2) is 0 Å². The van der Waals surface area contributed by atoms with Crippen LogP contribution in [0, 0.1) is 11.8 Å². The van der Waals surface area contributed by atoms with Gasteiger partial charge in [-0.05, 0) is 62.9 Å². The second-order valence-corrected chi connectivity index (χ2v) is 10.7. The molecule has 3 aliphatic carbocycles. The summed E-state index contributed by atoms with van der Waals surface area (Å²) in [7, 11) is 2.88. The number of phenolic OH excluding ortho intramolecular Hbond substituents is 1. The lowest BCUT2D eigenvalue weighted by Gasteiger charge is -2.50. The molecule has 1 fully saturated rings. The van der Waals surface area contributed by atoms with E-state index >= 15 is 0 Å². The predicted octanol–water partition coefficient (Wildman–Crippen LogP) is 2.72. The number of Topliss-reactive ketones (excluding diaryl/α,β-unsaturated/α-hetero) is 2. The number of benzene rings is 1. The standard InChI is InChI=1S/C27H31F3N2O7/c1-4-5-6-7-11-9-14(27(28,29)30)13-8-12-10-15-19(32(2)3)22(35)18(25(31)38)24(37)26(15,39)23(36)16(12)21(34)17(13)20(11)33/h9,12,15,19,33-34,37,39H,4-8,10H2,1-3H3,(H2,31,38)/t12?,15?,19-,26-/m0/s1. The maximum absolute atomic E-state index is 14.2. The number of aliphatic hydroxyl groups excluding tert-OH is 2. The number of carbonyl (C=O) groups excluding carboxylic acids is 3. The van der Waals surface area contributed by atoms with E-state index in [2.05, 4.69) is 0 Å². The fourth-order valence-electron chi connectivity index (χ4n) is 6.38. The number of phenols is 1. The molecule has 0 saturated heterocycles. The predicted molar refractivity (Wildman–Crippen MR) is 132 cm³/mol. The first-order valence-electron chi connectivity index (χ1n) is 12.7. The van der Waals surface area contributed by atoms with Gasteiger partial charge in [0.15, 0.2) is 11.4 Å². The number of alkyl halides is 3. The Morgan fingerprint density at radius 3 is 2.36 bits per heavy atom. The minimum Gasteiger partial charge on any atom is -0.508 e. The lowest BCUT2D eigenvalue weighted by Crippen LogP contribution is -2.65. The highest BCUT2D eigenvalue weighted by atomic mass is 19.4. The number of rotatable bonds is 6. The molecule has 12 heteroatoms. The van der Waals surface area contributed by atoms with Crippen molar-refractivity contribution in [3.63, 3.8) is 0 Å². The largest absolute Gasteiger partial charge is 0.508 e. The van der Waals surface area contributed by atoms with E-state index in [0.717, 1.165) is 12.5 Å². The van der Waals surface area contributed by atoms with E-state index in [1.54, 1.807) is 0 Å². The lowest BCUT2D eigenvalue weighted by atomic mass is 9.57. The van der Waals surface area contributed by atoms with E-state index < -0.39 is 98.7 Å². The number of likely N-dealkylation sites (N-methyl/N-ethyl adjacent to an activating group) is 1. The maximum Gasteiger partial charge on any atom is 0.416 e. The SMILES string of the molecule is CCCCCc1cc(C(F)(F)F)c2c(c1O)C(O)=C1C(=O)[C@]3(O)C(O)=C(C(N)=O)C(=O)[C@@H](N(C)C)C3CC1C2. The molecule has 6 N–H and O–H groups in total. The number of aliphatic hydroxyl groups is 3. The monoisotopic (exact) mass is 552 g/mol. The van der Waals surface area contributed by atoms with Crippen molar-refractivity contribution in [2.45, 2.75) is 63.3 Å². The number of aromatic hydroxyl groups is 1. The molecule has 3 aliphatic rings. The van der Waals surface area contributed by atoms with Crippen LogP contribution in [-0.2, 0) is 33.4 Å². The third kappa shape index (κ3) is 4.20. The minimum absolute atomic E-state index is 0.0466. The van der Waals surface area contributed by atoms with Gasteiger partial charge in [0.25, 0.3) is 5.91 Å². The molecular weight excluding hydrogens is 521 g/mol. The molecule has 2 unspecified atom stereocenters. The Morgan fingerprint density at radius 2 is 1.82 bits per heavy atom. The third-order valence-electron chi connectivity index (χ3n) is 8.15. The van der Waals surface area contributed by atoms with Gasteiger partial charge in [0.2, 0.25) is 5.78 Å². The van der Waals surface area contributed by atoms with Crippen LogP contribution < -0.4 is 5.73 Å². The highest BCUT2D eigenvalue weighted by Crippen LogP contribution is 2.54.